The summed E-state index contributed by atoms with van der Waals surface area (Å²) in [6, 6.07) is 5.42. The number of aliphatic hydroxyl groups is 1. The van der Waals surface area contributed by atoms with E-state index in [1.54, 1.807) is 19.9 Å². The number of rotatable bonds is 1. The lowest BCUT2D eigenvalue weighted by Crippen LogP contribution is -2.38. The van der Waals surface area contributed by atoms with Crippen molar-refractivity contribution in [2.24, 2.45) is 0 Å². The molecule has 1 N–H and O–H groups in total. The summed E-state index contributed by atoms with van der Waals surface area (Å²) in [5.41, 5.74) is 0.796. The molecule has 1 atom stereocenters. The summed E-state index contributed by atoms with van der Waals surface area (Å²) in [5.74, 6) is -0.153. The van der Waals surface area contributed by atoms with Crippen LogP contribution in [0.15, 0.2) is 18.2 Å². The molecule has 3 nitrogen and oxygen atoms in total. The zero-order chi connectivity index (χ0) is 11.1. The van der Waals surface area contributed by atoms with Gasteiger partial charge in [0.05, 0.1) is 11.6 Å². The highest BCUT2D eigenvalue weighted by molar-refractivity contribution is 6.32. The Morgan fingerprint density at radius 3 is 2.87 bits per heavy atom. The minimum Gasteiger partial charge on any atom is -0.461 e. The van der Waals surface area contributed by atoms with Crippen molar-refractivity contribution in [2.45, 2.75) is 25.7 Å². The van der Waals surface area contributed by atoms with Gasteiger partial charge in [0.1, 0.15) is 11.9 Å². The van der Waals surface area contributed by atoms with Crippen molar-refractivity contribution in [3.05, 3.63) is 28.8 Å². The molecule has 0 radical (unpaired) electrons. The molecule has 0 aromatic heterocycles. The second-order valence-corrected chi connectivity index (χ2v) is 4.36. The van der Waals surface area contributed by atoms with Crippen LogP contribution in [0.25, 0.3) is 0 Å². The maximum Gasteiger partial charge on any atom is 0.205 e. The van der Waals surface area contributed by atoms with E-state index in [1.165, 1.54) is 0 Å². The molecule has 15 heavy (non-hydrogen) atoms. The van der Waals surface area contributed by atoms with E-state index in [0.717, 1.165) is 5.56 Å². The van der Waals surface area contributed by atoms with Crippen LogP contribution in [0.4, 0.5) is 0 Å². The highest BCUT2D eigenvalue weighted by Gasteiger charge is 2.34. The molecule has 4 heteroatoms. The minimum absolute atomic E-state index is 0.0832. The molecule has 0 saturated heterocycles. The van der Waals surface area contributed by atoms with E-state index in [-0.39, 0.29) is 12.7 Å². The van der Waals surface area contributed by atoms with Crippen LogP contribution in [0.1, 0.15) is 25.5 Å². The van der Waals surface area contributed by atoms with Gasteiger partial charge in [-0.05, 0) is 6.07 Å². The first-order valence-electron chi connectivity index (χ1n) is 4.79. The fourth-order valence-corrected chi connectivity index (χ4v) is 1.92. The maximum atomic E-state index is 9.24. The molecule has 0 fully saturated rings. The third kappa shape index (κ3) is 1.95. The number of fused-ring (bicyclic) bond motifs is 1. The molecule has 0 bridgehead atoms. The summed E-state index contributed by atoms with van der Waals surface area (Å²) in [6.45, 7) is 3.50. The molecule has 0 unspecified atom stereocenters. The Morgan fingerprint density at radius 1 is 1.47 bits per heavy atom. The summed E-state index contributed by atoms with van der Waals surface area (Å²) in [7, 11) is 0. The molecule has 2 rings (SSSR count). The van der Waals surface area contributed by atoms with Gasteiger partial charge in [-0.2, -0.15) is 0 Å². The molecule has 82 valence electrons. The van der Waals surface area contributed by atoms with Crippen molar-refractivity contribution in [3.63, 3.8) is 0 Å². The van der Waals surface area contributed by atoms with Gasteiger partial charge in [0.15, 0.2) is 0 Å². The molecule has 0 saturated carbocycles. The SMILES string of the molecule is CC1(C)Oc2c(Cl)cccc2[C@H](CO)O1. The number of ether oxygens (including phenoxy) is 2. The summed E-state index contributed by atoms with van der Waals surface area (Å²) in [4.78, 5) is 0. The van der Waals surface area contributed by atoms with Gasteiger partial charge in [0.25, 0.3) is 0 Å². The quantitative estimate of drug-likeness (QED) is 0.803. The fraction of sp³-hybridized carbons (Fsp3) is 0.455. The lowest BCUT2D eigenvalue weighted by molar-refractivity contribution is -0.214. The van der Waals surface area contributed by atoms with E-state index in [0.29, 0.717) is 10.8 Å². The zero-order valence-electron chi connectivity index (χ0n) is 8.66. The van der Waals surface area contributed by atoms with Crippen molar-refractivity contribution < 1.29 is 14.6 Å². The van der Waals surface area contributed by atoms with Crippen LogP contribution in [0.2, 0.25) is 5.02 Å². The van der Waals surface area contributed by atoms with Crippen LogP contribution in [-0.4, -0.2) is 17.5 Å². The molecule has 1 aromatic rings. The van der Waals surface area contributed by atoms with Crippen molar-refractivity contribution >= 4 is 11.6 Å². The van der Waals surface area contributed by atoms with E-state index >= 15 is 0 Å². The Morgan fingerprint density at radius 2 is 2.20 bits per heavy atom. The van der Waals surface area contributed by atoms with Gasteiger partial charge in [-0.25, -0.2) is 0 Å². The van der Waals surface area contributed by atoms with Crippen LogP contribution in [0.3, 0.4) is 0 Å². The number of aliphatic hydroxyl groups excluding tert-OH is 1. The van der Waals surface area contributed by atoms with Gasteiger partial charge in [-0.1, -0.05) is 23.7 Å². The predicted molar refractivity (Wildman–Crippen MR) is 57.1 cm³/mol. The van der Waals surface area contributed by atoms with Gasteiger partial charge in [-0.3, -0.25) is 0 Å². The molecule has 0 spiro atoms. The van der Waals surface area contributed by atoms with Crippen molar-refractivity contribution in [3.8, 4) is 5.75 Å². The van der Waals surface area contributed by atoms with E-state index < -0.39 is 5.79 Å². The Kier molecular flexibility index (Phi) is 2.63. The predicted octanol–water partition coefficient (Wildman–Crippen LogP) is 2.52. The van der Waals surface area contributed by atoms with Gasteiger partial charge in [-0.15, -0.1) is 0 Å². The zero-order valence-corrected chi connectivity index (χ0v) is 9.41. The molecule has 1 aliphatic rings. The van der Waals surface area contributed by atoms with Gasteiger partial charge >= 0.3 is 0 Å². The fourth-order valence-electron chi connectivity index (χ4n) is 1.70. The van der Waals surface area contributed by atoms with Gasteiger partial charge in [0, 0.05) is 19.4 Å². The standard InChI is InChI=1S/C11H13ClO3/c1-11(2)14-9(6-13)7-4-3-5-8(12)10(7)15-11/h3-5,9,13H,6H2,1-2H3/t9-/m0/s1. The summed E-state index contributed by atoms with van der Waals surface area (Å²) >= 11 is 6.03. The average molecular weight is 229 g/mol. The third-order valence-electron chi connectivity index (χ3n) is 2.28. The Hall–Kier alpha value is -0.770. The first-order valence-corrected chi connectivity index (χ1v) is 5.17. The molecule has 0 aliphatic carbocycles. The number of hydrogen-bond donors (Lipinski definition) is 1. The Labute approximate surface area is 93.6 Å². The van der Waals surface area contributed by atoms with Crippen LogP contribution < -0.4 is 4.74 Å². The molecular formula is C11H13ClO3. The summed E-state index contributed by atoms with van der Waals surface area (Å²) in [5, 5.41) is 9.78. The first kappa shape index (κ1) is 10.7. The number of halogens is 1. The first-order chi connectivity index (χ1) is 7.03. The van der Waals surface area contributed by atoms with E-state index in [2.05, 4.69) is 0 Å². The highest BCUT2D eigenvalue weighted by Crippen LogP contribution is 2.42. The van der Waals surface area contributed by atoms with Crippen molar-refractivity contribution in [2.75, 3.05) is 6.61 Å². The van der Waals surface area contributed by atoms with Crippen LogP contribution in [0.5, 0.6) is 5.75 Å². The van der Waals surface area contributed by atoms with Gasteiger partial charge < -0.3 is 14.6 Å². The highest BCUT2D eigenvalue weighted by atomic mass is 35.5. The maximum absolute atomic E-state index is 9.24. The molecule has 1 heterocycles. The lowest BCUT2D eigenvalue weighted by atomic mass is 10.1. The van der Waals surface area contributed by atoms with E-state index in [1.807, 2.05) is 12.1 Å². The van der Waals surface area contributed by atoms with Gasteiger partial charge in [0.2, 0.25) is 5.79 Å². The largest absolute Gasteiger partial charge is 0.461 e. The van der Waals surface area contributed by atoms with Crippen LogP contribution in [0, 0.1) is 0 Å². The smallest absolute Gasteiger partial charge is 0.205 e. The third-order valence-corrected chi connectivity index (χ3v) is 2.58. The lowest BCUT2D eigenvalue weighted by Gasteiger charge is -2.37. The number of benzene rings is 1. The molecular weight excluding hydrogens is 216 g/mol. The van der Waals surface area contributed by atoms with Crippen molar-refractivity contribution in [1.29, 1.82) is 0 Å². The minimum atomic E-state index is -0.759. The molecule has 0 amide bonds. The normalized spacial score (nSPS) is 23.1. The average Bonchev–Trinajstić information content (AvgIpc) is 2.17. The number of hydrogen-bond acceptors (Lipinski definition) is 3. The monoisotopic (exact) mass is 228 g/mol. The summed E-state index contributed by atoms with van der Waals surface area (Å²) < 4.78 is 11.2. The Bertz CT molecular complexity index is 376. The number of para-hydroxylation sites is 1. The Balaban J connectivity index is 2.49. The summed E-state index contributed by atoms with van der Waals surface area (Å²) in [6.07, 6.45) is -0.373. The topological polar surface area (TPSA) is 38.7 Å². The van der Waals surface area contributed by atoms with E-state index in [4.69, 9.17) is 21.1 Å². The van der Waals surface area contributed by atoms with E-state index in [9.17, 15) is 5.11 Å². The van der Waals surface area contributed by atoms with Crippen LogP contribution >= 0.6 is 11.6 Å². The molecule has 1 aliphatic heterocycles. The van der Waals surface area contributed by atoms with Crippen LogP contribution in [-0.2, 0) is 4.74 Å². The second kappa shape index (κ2) is 3.67. The molecule has 1 aromatic carbocycles. The second-order valence-electron chi connectivity index (χ2n) is 3.95. The van der Waals surface area contributed by atoms with Crippen molar-refractivity contribution in [1.82, 2.24) is 0 Å².